The van der Waals surface area contributed by atoms with E-state index in [1.807, 2.05) is 30.1 Å². The van der Waals surface area contributed by atoms with Gasteiger partial charge in [0.05, 0.1) is 17.4 Å². The Morgan fingerprint density at radius 3 is 2.54 bits per heavy atom. The monoisotopic (exact) mass is 478 g/mol. The minimum atomic E-state index is -0.580. The highest BCUT2D eigenvalue weighted by atomic mass is 16.5. The number of hydrogen-bond donors (Lipinski definition) is 1. The van der Waals surface area contributed by atoms with Gasteiger partial charge in [-0.2, -0.15) is 0 Å². The number of piperidine rings is 1. The Morgan fingerprint density at radius 1 is 0.971 bits per heavy atom. The number of likely N-dealkylation sites (tertiary alicyclic amines) is 1. The van der Waals surface area contributed by atoms with Crippen LogP contribution in [0.4, 0.5) is 5.69 Å². The molecule has 0 radical (unpaired) electrons. The summed E-state index contributed by atoms with van der Waals surface area (Å²) >= 11 is 0. The average molecular weight is 479 g/mol. The molecule has 1 saturated heterocycles. The second-order valence-electron chi connectivity index (χ2n) is 10.4. The number of nitrogens with zero attached hydrogens (tertiary/aromatic N) is 4. The van der Waals surface area contributed by atoms with Crippen LogP contribution in [-0.4, -0.2) is 97.8 Å². The molecule has 35 heavy (non-hydrogen) atoms. The average Bonchev–Trinajstić information content (AvgIpc) is 2.97. The van der Waals surface area contributed by atoms with Gasteiger partial charge in [-0.15, -0.1) is 0 Å². The summed E-state index contributed by atoms with van der Waals surface area (Å²) in [7, 11) is 4.17. The van der Waals surface area contributed by atoms with Crippen molar-refractivity contribution in [1.82, 2.24) is 14.7 Å². The van der Waals surface area contributed by atoms with Crippen molar-refractivity contribution in [3.05, 3.63) is 59.2 Å². The lowest BCUT2D eigenvalue weighted by molar-refractivity contribution is 0.0521. The number of β-amino-alcohol motifs (C(OH)–C–C–N with tert-alkyl or cyclic N) is 1. The predicted molar refractivity (Wildman–Crippen MR) is 138 cm³/mol. The molecule has 7 heteroatoms. The van der Waals surface area contributed by atoms with Gasteiger partial charge >= 0.3 is 0 Å². The number of aliphatic hydroxyl groups is 1. The zero-order chi connectivity index (χ0) is 24.4. The van der Waals surface area contributed by atoms with Crippen LogP contribution in [0, 0.1) is 0 Å². The van der Waals surface area contributed by atoms with Crippen LogP contribution in [0.3, 0.4) is 0 Å². The number of fused-ring (bicyclic) bond motifs is 2. The Morgan fingerprint density at radius 2 is 1.74 bits per heavy atom. The van der Waals surface area contributed by atoms with E-state index in [1.54, 1.807) is 0 Å². The van der Waals surface area contributed by atoms with Gasteiger partial charge in [0.1, 0.15) is 11.9 Å². The first kappa shape index (κ1) is 24.1. The number of rotatable bonds is 6. The van der Waals surface area contributed by atoms with Crippen LogP contribution >= 0.6 is 0 Å². The van der Waals surface area contributed by atoms with Crippen LogP contribution in [0.25, 0.3) is 0 Å². The van der Waals surface area contributed by atoms with Crippen molar-refractivity contribution < 1.29 is 14.6 Å². The zero-order valence-corrected chi connectivity index (χ0v) is 21.0. The number of amides is 1. The summed E-state index contributed by atoms with van der Waals surface area (Å²) in [5.41, 5.74) is 4.33. The number of carbonyl (C=O) groups excluding carboxylic acids is 1. The quantitative estimate of drug-likeness (QED) is 0.689. The van der Waals surface area contributed by atoms with Gasteiger partial charge < -0.3 is 24.5 Å². The number of ether oxygens (including phenoxy) is 1. The summed E-state index contributed by atoms with van der Waals surface area (Å²) in [6, 6.07) is 14.4. The predicted octanol–water partition coefficient (Wildman–Crippen LogP) is 2.47. The lowest BCUT2D eigenvalue weighted by atomic mass is 10.00. The van der Waals surface area contributed by atoms with Gasteiger partial charge in [0.25, 0.3) is 5.91 Å². The van der Waals surface area contributed by atoms with Crippen LogP contribution in [-0.2, 0) is 13.0 Å². The second kappa shape index (κ2) is 10.6. The van der Waals surface area contributed by atoms with Crippen molar-refractivity contribution in [2.24, 2.45) is 0 Å². The van der Waals surface area contributed by atoms with Crippen molar-refractivity contribution in [3.63, 3.8) is 0 Å². The molecule has 3 aliphatic heterocycles. The Labute approximate surface area is 208 Å². The summed E-state index contributed by atoms with van der Waals surface area (Å²) in [6.07, 6.45) is 2.70. The first-order valence-corrected chi connectivity index (χ1v) is 12.9. The molecule has 188 valence electrons. The normalized spacial score (nSPS) is 20.8. The third kappa shape index (κ3) is 5.63. The summed E-state index contributed by atoms with van der Waals surface area (Å²) in [5.74, 6) is 0.815. The van der Waals surface area contributed by atoms with Crippen LogP contribution in [0.5, 0.6) is 5.75 Å². The standard InChI is InChI=1S/C28H38N4O3/c1-29-12-10-24(11-13-29)35-25-7-8-26-27(17-25)30(2)15-16-32(28(26)34)20-23(33)19-31-14-9-21-5-3-4-6-22(21)18-31/h3-8,17,23-24,33H,9-16,18-20H2,1-2H3. The number of aliphatic hydroxyl groups excluding tert-OH is 1. The smallest absolute Gasteiger partial charge is 0.256 e. The molecule has 3 heterocycles. The largest absolute Gasteiger partial charge is 0.490 e. The molecule has 5 rings (SSSR count). The molecule has 1 unspecified atom stereocenters. The minimum absolute atomic E-state index is 0.0155. The lowest BCUT2D eigenvalue weighted by Crippen LogP contribution is -2.44. The fraction of sp³-hybridized carbons (Fsp3) is 0.536. The molecule has 1 atom stereocenters. The SMILES string of the molecule is CN1CCC(Oc2ccc3c(c2)N(C)CCN(CC(O)CN2CCc4ccccc4C2)C3=O)CC1. The molecular weight excluding hydrogens is 440 g/mol. The van der Waals surface area contributed by atoms with Crippen LogP contribution in [0.1, 0.15) is 34.3 Å². The van der Waals surface area contributed by atoms with Crippen molar-refractivity contribution in [2.45, 2.75) is 38.0 Å². The van der Waals surface area contributed by atoms with Crippen molar-refractivity contribution in [1.29, 1.82) is 0 Å². The van der Waals surface area contributed by atoms with E-state index in [-0.39, 0.29) is 12.0 Å². The highest BCUT2D eigenvalue weighted by Crippen LogP contribution is 2.30. The van der Waals surface area contributed by atoms with E-state index < -0.39 is 6.10 Å². The van der Waals surface area contributed by atoms with Crippen molar-refractivity contribution in [3.8, 4) is 5.75 Å². The Balaban J connectivity index is 1.21. The molecule has 1 fully saturated rings. The number of anilines is 1. The third-order valence-electron chi connectivity index (χ3n) is 7.68. The lowest BCUT2D eigenvalue weighted by Gasteiger charge is -2.32. The molecule has 7 nitrogen and oxygen atoms in total. The molecule has 1 N–H and O–H groups in total. The molecule has 0 saturated carbocycles. The van der Waals surface area contributed by atoms with Gasteiger partial charge in [0.2, 0.25) is 0 Å². The van der Waals surface area contributed by atoms with E-state index in [9.17, 15) is 9.90 Å². The first-order valence-electron chi connectivity index (χ1n) is 12.9. The van der Waals surface area contributed by atoms with Crippen LogP contribution in [0.15, 0.2) is 42.5 Å². The van der Waals surface area contributed by atoms with E-state index in [0.29, 0.717) is 25.2 Å². The molecule has 2 aromatic carbocycles. The molecular formula is C28H38N4O3. The van der Waals surface area contributed by atoms with E-state index in [4.69, 9.17) is 4.74 Å². The van der Waals surface area contributed by atoms with Crippen molar-refractivity contribution >= 4 is 11.6 Å². The van der Waals surface area contributed by atoms with E-state index in [2.05, 4.69) is 46.0 Å². The fourth-order valence-corrected chi connectivity index (χ4v) is 5.53. The van der Waals surface area contributed by atoms with Gasteiger partial charge in [0, 0.05) is 65.5 Å². The molecule has 1 amide bonds. The summed E-state index contributed by atoms with van der Waals surface area (Å²) in [6.45, 7) is 6.13. The minimum Gasteiger partial charge on any atom is -0.490 e. The fourth-order valence-electron chi connectivity index (χ4n) is 5.53. The maximum atomic E-state index is 13.4. The van der Waals surface area contributed by atoms with Gasteiger partial charge in [-0.1, -0.05) is 24.3 Å². The van der Waals surface area contributed by atoms with Gasteiger partial charge in [-0.25, -0.2) is 0 Å². The van der Waals surface area contributed by atoms with Crippen molar-refractivity contribution in [2.75, 3.05) is 64.8 Å². The molecule has 3 aliphatic rings. The molecule has 0 bridgehead atoms. The first-order chi connectivity index (χ1) is 17.0. The Hall–Kier alpha value is -2.61. The highest BCUT2D eigenvalue weighted by Gasteiger charge is 2.28. The van der Waals surface area contributed by atoms with E-state index >= 15 is 0 Å². The number of benzene rings is 2. The summed E-state index contributed by atoms with van der Waals surface area (Å²) in [5, 5.41) is 10.9. The topological polar surface area (TPSA) is 59.5 Å². The number of likely N-dealkylation sites (N-methyl/N-ethyl adjacent to an activating group) is 1. The van der Waals surface area contributed by atoms with Gasteiger partial charge in [0.15, 0.2) is 0 Å². The van der Waals surface area contributed by atoms with Crippen LogP contribution < -0.4 is 9.64 Å². The number of hydrogen-bond acceptors (Lipinski definition) is 6. The summed E-state index contributed by atoms with van der Waals surface area (Å²) in [4.78, 5) is 22.0. The van der Waals surface area contributed by atoms with Gasteiger partial charge in [-0.3, -0.25) is 9.69 Å². The maximum Gasteiger partial charge on any atom is 0.256 e. The maximum absolute atomic E-state index is 13.4. The number of carbonyl (C=O) groups is 1. The molecule has 0 spiro atoms. The molecule has 0 aromatic heterocycles. The molecule has 2 aromatic rings. The summed E-state index contributed by atoms with van der Waals surface area (Å²) < 4.78 is 6.27. The zero-order valence-electron chi connectivity index (χ0n) is 21.0. The Bertz CT molecular complexity index is 1040. The third-order valence-corrected chi connectivity index (χ3v) is 7.68. The second-order valence-corrected chi connectivity index (χ2v) is 10.4. The van der Waals surface area contributed by atoms with Crippen LogP contribution in [0.2, 0.25) is 0 Å². The highest BCUT2D eigenvalue weighted by molar-refractivity contribution is 6.00. The van der Waals surface area contributed by atoms with Gasteiger partial charge in [-0.05, 0) is 49.6 Å². The Kier molecular flexibility index (Phi) is 7.27. The molecule has 0 aliphatic carbocycles. The van der Waals surface area contributed by atoms with E-state index in [1.165, 1.54) is 11.1 Å². The van der Waals surface area contributed by atoms with E-state index in [0.717, 1.165) is 63.4 Å².